The van der Waals surface area contributed by atoms with E-state index in [2.05, 4.69) is 22.4 Å². The Labute approximate surface area is 89.4 Å². The van der Waals surface area contributed by atoms with Crippen LogP contribution in [0.2, 0.25) is 0 Å². The van der Waals surface area contributed by atoms with Crippen molar-refractivity contribution in [3.8, 4) is 0 Å². The van der Waals surface area contributed by atoms with E-state index in [0.717, 1.165) is 11.7 Å². The molecule has 0 spiro atoms. The van der Waals surface area contributed by atoms with Gasteiger partial charge in [-0.05, 0) is 38.5 Å². The van der Waals surface area contributed by atoms with Crippen LogP contribution in [0, 0.1) is 5.92 Å². The third kappa shape index (κ3) is 1.85. The van der Waals surface area contributed by atoms with E-state index in [1.54, 1.807) is 0 Å². The molecule has 0 radical (unpaired) electrons. The number of nitrogens with one attached hydrogen (secondary N) is 1. The van der Waals surface area contributed by atoms with Gasteiger partial charge in [-0.3, -0.25) is 0 Å². The van der Waals surface area contributed by atoms with E-state index >= 15 is 0 Å². The lowest BCUT2D eigenvalue weighted by Gasteiger charge is -2.31. The minimum Gasteiger partial charge on any atom is -0.335 e. The molecular formula is C11H17N3O. The van der Waals surface area contributed by atoms with Crippen LogP contribution in [0.5, 0.6) is 0 Å². The highest BCUT2D eigenvalue weighted by atomic mass is 16.5. The standard InChI is InChI=1S/C11H17N3O/c1-7(8-3-2-4-8)12-11-13-10(14-15-11)9-5-6-9/h7-9H,2-6H2,1H3,(H,12,13,14). The van der Waals surface area contributed by atoms with Gasteiger partial charge in [-0.1, -0.05) is 11.6 Å². The van der Waals surface area contributed by atoms with Crippen LogP contribution in [0.1, 0.15) is 50.8 Å². The molecule has 0 aromatic carbocycles. The zero-order valence-electron chi connectivity index (χ0n) is 9.07. The van der Waals surface area contributed by atoms with Gasteiger partial charge in [-0.2, -0.15) is 4.98 Å². The van der Waals surface area contributed by atoms with Crippen LogP contribution >= 0.6 is 0 Å². The second-order valence-electron chi connectivity index (χ2n) is 4.86. The fourth-order valence-corrected chi connectivity index (χ4v) is 2.05. The maximum absolute atomic E-state index is 5.18. The normalized spacial score (nSPS) is 23.5. The van der Waals surface area contributed by atoms with Gasteiger partial charge >= 0.3 is 6.01 Å². The molecule has 2 fully saturated rings. The summed E-state index contributed by atoms with van der Waals surface area (Å²) in [6.45, 7) is 2.20. The van der Waals surface area contributed by atoms with Gasteiger partial charge in [0.05, 0.1) is 0 Å². The summed E-state index contributed by atoms with van der Waals surface area (Å²) in [6.07, 6.45) is 6.47. The Balaban J connectivity index is 1.60. The zero-order valence-corrected chi connectivity index (χ0v) is 9.07. The summed E-state index contributed by atoms with van der Waals surface area (Å²) in [4.78, 5) is 4.36. The van der Waals surface area contributed by atoms with Crippen molar-refractivity contribution in [1.29, 1.82) is 0 Å². The first-order valence-electron chi connectivity index (χ1n) is 5.93. The summed E-state index contributed by atoms with van der Waals surface area (Å²) in [5.74, 6) is 2.25. The van der Waals surface area contributed by atoms with Crippen LogP contribution in [0.15, 0.2) is 4.52 Å². The Bertz CT molecular complexity index is 341. The molecule has 0 bridgehead atoms. The van der Waals surface area contributed by atoms with Crippen molar-refractivity contribution in [2.24, 2.45) is 5.92 Å². The predicted molar refractivity (Wildman–Crippen MR) is 56.7 cm³/mol. The molecule has 0 saturated heterocycles. The van der Waals surface area contributed by atoms with Gasteiger partial charge < -0.3 is 9.84 Å². The van der Waals surface area contributed by atoms with E-state index in [9.17, 15) is 0 Å². The van der Waals surface area contributed by atoms with Crippen LogP contribution in [0.3, 0.4) is 0 Å². The second kappa shape index (κ2) is 3.51. The molecule has 4 nitrogen and oxygen atoms in total. The maximum Gasteiger partial charge on any atom is 0.321 e. The van der Waals surface area contributed by atoms with Crippen molar-refractivity contribution in [2.75, 3.05) is 5.32 Å². The fraction of sp³-hybridized carbons (Fsp3) is 0.818. The molecule has 0 aliphatic heterocycles. The minimum absolute atomic E-state index is 0.464. The molecule has 1 atom stereocenters. The highest BCUT2D eigenvalue weighted by Gasteiger charge is 2.30. The molecule has 82 valence electrons. The summed E-state index contributed by atoms with van der Waals surface area (Å²) in [5.41, 5.74) is 0. The molecule has 1 aromatic rings. The van der Waals surface area contributed by atoms with Crippen LogP contribution in [-0.4, -0.2) is 16.2 Å². The molecular weight excluding hydrogens is 190 g/mol. The molecule has 4 heteroatoms. The Kier molecular flexibility index (Phi) is 2.15. The third-order valence-electron chi connectivity index (χ3n) is 3.59. The second-order valence-corrected chi connectivity index (χ2v) is 4.86. The van der Waals surface area contributed by atoms with Crippen molar-refractivity contribution in [2.45, 2.75) is 51.0 Å². The monoisotopic (exact) mass is 207 g/mol. The lowest BCUT2D eigenvalue weighted by molar-refractivity contribution is 0.280. The van der Waals surface area contributed by atoms with Gasteiger partial charge in [0.2, 0.25) is 0 Å². The summed E-state index contributed by atoms with van der Waals surface area (Å²) in [5, 5.41) is 7.29. The van der Waals surface area contributed by atoms with Crippen molar-refractivity contribution in [3.63, 3.8) is 0 Å². The van der Waals surface area contributed by atoms with E-state index in [1.807, 2.05) is 0 Å². The number of anilines is 1. The Morgan fingerprint density at radius 1 is 1.33 bits per heavy atom. The first-order valence-corrected chi connectivity index (χ1v) is 5.93. The number of rotatable bonds is 4. The molecule has 1 N–H and O–H groups in total. The van der Waals surface area contributed by atoms with Crippen LogP contribution in [-0.2, 0) is 0 Å². The quantitative estimate of drug-likeness (QED) is 0.824. The van der Waals surface area contributed by atoms with Crippen molar-refractivity contribution < 1.29 is 4.52 Å². The van der Waals surface area contributed by atoms with Gasteiger partial charge in [0.15, 0.2) is 5.82 Å². The summed E-state index contributed by atoms with van der Waals surface area (Å²) < 4.78 is 5.18. The number of hydrogen-bond donors (Lipinski definition) is 1. The average molecular weight is 207 g/mol. The maximum atomic E-state index is 5.18. The fourth-order valence-electron chi connectivity index (χ4n) is 2.05. The Hall–Kier alpha value is -1.06. The van der Waals surface area contributed by atoms with Crippen LogP contribution < -0.4 is 5.32 Å². The lowest BCUT2D eigenvalue weighted by atomic mass is 9.80. The topological polar surface area (TPSA) is 51.0 Å². The van der Waals surface area contributed by atoms with E-state index in [0.29, 0.717) is 18.0 Å². The zero-order chi connectivity index (χ0) is 10.3. The van der Waals surface area contributed by atoms with Gasteiger partial charge in [-0.15, -0.1) is 0 Å². The highest BCUT2D eigenvalue weighted by molar-refractivity contribution is 5.22. The predicted octanol–water partition coefficient (Wildman–Crippen LogP) is 2.55. The van der Waals surface area contributed by atoms with Crippen molar-refractivity contribution >= 4 is 6.01 Å². The largest absolute Gasteiger partial charge is 0.335 e. The molecule has 2 aliphatic rings. The summed E-state index contributed by atoms with van der Waals surface area (Å²) in [7, 11) is 0. The van der Waals surface area contributed by atoms with Crippen molar-refractivity contribution in [1.82, 2.24) is 10.1 Å². The van der Waals surface area contributed by atoms with Gasteiger partial charge in [0, 0.05) is 12.0 Å². The lowest BCUT2D eigenvalue weighted by Crippen LogP contribution is -2.30. The SMILES string of the molecule is CC(Nc1nc(C2CC2)no1)C1CCC1. The number of hydrogen-bond acceptors (Lipinski definition) is 4. The van der Waals surface area contributed by atoms with Crippen molar-refractivity contribution in [3.05, 3.63) is 5.82 Å². The Morgan fingerprint density at radius 2 is 2.13 bits per heavy atom. The van der Waals surface area contributed by atoms with E-state index in [-0.39, 0.29) is 0 Å². The molecule has 1 aromatic heterocycles. The first-order chi connectivity index (χ1) is 7.33. The molecule has 1 heterocycles. The van der Waals surface area contributed by atoms with Gasteiger partial charge in [-0.25, -0.2) is 0 Å². The van der Waals surface area contributed by atoms with Gasteiger partial charge in [0.25, 0.3) is 0 Å². The first kappa shape index (κ1) is 9.19. The number of nitrogens with zero attached hydrogens (tertiary/aromatic N) is 2. The molecule has 2 saturated carbocycles. The molecule has 2 aliphatic carbocycles. The Morgan fingerprint density at radius 3 is 2.73 bits per heavy atom. The van der Waals surface area contributed by atoms with Gasteiger partial charge in [0.1, 0.15) is 0 Å². The van der Waals surface area contributed by atoms with Crippen LogP contribution in [0.25, 0.3) is 0 Å². The smallest absolute Gasteiger partial charge is 0.321 e. The molecule has 15 heavy (non-hydrogen) atoms. The average Bonchev–Trinajstić information content (AvgIpc) is 2.86. The molecule has 0 amide bonds. The third-order valence-corrected chi connectivity index (χ3v) is 3.59. The van der Waals surface area contributed by atoms with E-state index < -0.39 is 0 Å². The van der Waals surface area contributed by atoms with E-state index in [4.69, 9.17) is 4.52 Å². The summed E-state index contributed by atoms with van der Waals surface area (Å²) >= 11 is 0. The molecule has 1 unspecified atom stereocenters. The highest BCUT2D eigenvalue weighted by Crippen LogP contribution is 2.38. The number of aromatic nitrogens is 2. The summed E-state index contributed by atoms with van der Waals surface area (Å²) in [6, 6.07) is 1.07. The van der Waals surface area contributed by atoms with E-state index in [1.165, 1.54) is 32.1 Å². The minimum atomic E-state index is 0.464. The molecule has 3 rings (SSSR count). The van der Waals surface area contributed by atoms with Crippen LogP contribution in [0.4, 0.5) is 6.01 Å².